The van der Waals surface area contributed by atoms with Crippen LogP contribution in [0.2, 0.25) is 0 Å². The van der Waals surface area contributed by atoms with Gasteiger partial charge in [-0.2, -0.15) is 0 Å². The van der Waals surface area contributed by atoms with E-state index in [1.807, 2.05) is 6.92 Å². The number of hydrogen-bond donors (Lipinski definition) is 0. The third-order valence-corrected chi connectivity index (χ3v) is 2.67. The molecule has 0 bridgehead atoms. The minimum Gasteiger partial charge on any atom is -0.378 e. The number of hydrogen-bond acceptors (Lipinski definition) is 4. The molecule has 5 nitrogen and oxygen atoms in total. The molecule has 0 radical (unpaired) electrons. The van der Waals surface area contributed by atoms with Crippen LogP contribution in [0, 0.1) is 28.4 Å². The molecule has 0 spiro atoms. The lowest BCUT2D eigenvalue weighted by Crippen LogP contribution is -2.19. The molecular formula is C12H10N2O3. The van der Waals surface area contributed by atoms with Crippen molar-refractivity contribution in [1.29, 1.82) is 0 Å². The van der Waals surface area contributed by atoms with Crippen molar-refractivity contribution in [2.75, 3.05) is 0 Å². The summed E-state index contributed by atoms with van der Waals surface area (Å²) in [7, 11) is 0. The van der Waals surface area contributed by atoms with Gasteiger partial charge in [-0.1, -0.05) is 30.1 Å². The molecule has 1 heterocycles. The Hall–Kier alpha value is -2.35. The molecular weight excluding hydrogens is 220 g/mol. The summed E-state index contributed by atoms with van der Waals surface area (Å²) >= 11 is 0. The van der Waals surface area contributed by atoms with Gasteiger partial charge < -0.3 is 4.84 Å². The zero-order valence-electron chi connectivity index (χ0n) is 9.16. The van der Waals surface area contributed by atoms with Crippen LogP contribution in [-0.4, -0.2) is 16.7 Å². The van der Waals surface area contributed by atoms with Gasteiger partial charge in [-0.05, 0) is 0 Å². The lowest BCUT2D eigenvalue weighted by Gasteiger charge is -2.07. The zero-order valence-corrected chi connectivity index (χ0v) is 9.16. The molecule has 1 aromatic carbocycles. The number of nitro groups is 1. The highest BCUT2D eigenvalue weighted by atomic mass is 16.6. The van der Waals surface area contributed by atoms with Gasteiger partial charge in [0.15, 0.2) is 6.10 Å². The van der Waals surface area contributed by atoms with Crippen LogP contribution in [0.3, 0.4) is 0 Å². The summed E-state index contributed by atoms with van der Waals surface area (Å²) in [4.78, 5) is 15.3. The Morgan fingerprint density at radius 2 is 2.35 bits per heavy atom. The number of oxime groups is 1. The maximum atomic E-state index is 10.7. The molecule has 0 amide bonds. The molecule has 0 aliphatic carbocycles. The number of benzene rings is 1. The Kier molecular flexibility index (Phi) is 2.79. The zero-order chi connectivity index (χ0) is 12.4. The van der Waals surface area contributed by atoms with Crippen LogP contribution in [0.25, 0.3) is 0 Å². The van der Waals surface area contributed by atoms with Crippen LogP contribution in [0.4, 0.5) is 5.69 Å². The number of non-ortho nitro benzene ring substituents is 1. The largest absolute Gasteiger partial charge is 0.378 e. The fourth-order valence-corrected chi connectivity index (χ4v) is 1.70. The molecule has 1 aliphatic heterocycles. The lowest BCUT2D eigenvalue weighted by atomic mass is 9.94. The molecule has 1 aromatic rings. The Morgan fingerprint density at radius 3 is 2.94 bits per heavy atom. The second-order valence-electron chi connectivity index (χ2n) is 3.77. The van der Waals surface area contributed by atoms with Gasteiger partial charge in [-0.15, -0.1) is 6.42 Å². The predicted octanol–water partition coefficient (Wildman–Crippen LogP) is 1.97. The van der Waals surface area contributed by atoms with Gasteiger partial charge in [0.05, 0.1) is 16.6 Å². The monoisotopic (exact) mass is 230 g/mol. The Labute approximate surface area is 98.2 Å². The van der Waals surface area contributed by atoms with Crippen molar-refractivity contribution in [2.24, 2.45) is 11.1 Å². The molecule has 2 atom stereocenters. The summed E-state index contributed by atoms with van der Waals surface area (Å²) in [5, 5.41) is 14.6. The summed E-state index contributed by atoms with van der Waals surface area (Å²) in [5.74, 6) is 2.41. The van der Waals surface area contributed by atoms with E-state index < -0.39 is 11.0 Å². The van der Waals surface area contributed by atoms with Crippen molar-refractivity contribution in [3.8, 4) is 12.3 Å². The molecule has 0 aromatic heterocycles. The van der Waals surface area contributed by atoms with Crippen LogP contribution < -0.4 is 0 Å². The van der Waals surface area contributed by atoms with E-state index in [1.54, 1.807) is 12.1 Å². The van der Waals surface area contributed by atoms with E-state index in [-0.39, 0.29) is 11.6 Å². The average molecular weight is 230 g/mol. The van der Waals surface area contributed by atoms with Crippen molar-refractivity contribution in [2.45, 2.75) is 13.0 Å². The van der Waals surface area contributed by atoms with Crippen LogP contribution in [0.15, 0.2) is 29.4 Å². The third-order valence-electron chi connectivity index (χ3n) is 2.67. The second kappa shape index (κ2) is 4.26. The topological polar surface area (TPSA) is 64.7 Å². The number of nitro benzene ring substituents is 1. The van der Waals surface area contributed by atoms with E-state index >= 15 is 0 Å². The Morgan fingerprint density at radius 1 is 1.59 bits per heavy atom. The first-order chi connectivity index (χ1) is 8.13. The molecule has 2 rings (SSSR count). The van der Waals surface area contributed by atoms with Gasteiger partial charge in [0, 0.05) is 17.7 Å². The quantitative estimate of drug-likeness (QED) is 0.443. The molecule has 0 unspecified atom stereocenters. The molecule has 0 saturated heterocycles. The maximum absolute atomic E-state index is 10.7. The first kappa shape index (κ1) is 11.1. The van der Waals surface area contributed by atoms with Gasteiger partial charge in [0.25, 0.3) is 5.69 Å². The Bertz CT molecular complexity index is 531. The van der Waals surface area contributed by atoms with E-state index in [0.29, 0.717) is 11.3 Å². The number of rotatable bonds is 2. The maximum Gasteiger partial charge on any atom is 0.270 e. The summed E-state index contributed by atoms with van der Waals surface area (Å²) in [6.07, 6.45) is 4.89. The highest BCUT2D eigenvalue weighted by Gasteiger charge is 2.30. The third kappa shape index (κ3) is 1.97. The van der Waals surface area contributed by atoms with Crippen molar-refractivity contribution in [1.82, 2.24) is 0 Å². The van der Waals surface area contributed by atoms with Crippen LogP contribution in [-0.2, 0) is 4.84 Å². The van der Waals surface area contributed by atoms with E-state index in [4.69, 9.17) is 11.3 Å². The normalized spacial score (nSPS) is 22.5. The molecule has 1 aliphatic rings. The Balaban J connectivity index is 2.33. The molecule has 0 fully saturated rings. The standard InChI is InChI=1S/C12H10N2O3/c1-3-11-8(2)12(13-17-11)9-5-4-6-10(7-9)14(15)16/h1,4-8,11H,2H3/t8-,11+/m0/s1. The number of nitrogens with zero attached hydrogens (tertiary/aromatic N) is 2. The van der Waals surface area contributed by atoms with E-state index in [1.165, 1.54) is 12.1 Å². The lowest BCUT2D eigenvalue weighted by molar-refractivity contribution is -0.384. The van der Waals surface area contributed by atoms with Crippen LogP contribution >= 0.6 is 0 Å². The fraction of sp³-hybridized carbons (Fsp3) is 0.250. The van der Waals surface area contributed by atoms with E-state index in [0.717, 1.165) is 0 Å². The van der Waals surface area contributed by atoms with Gasteiger partial charge in [-0.25, -0.2) is 0 Å². The minimum atomic E-state index is -0.441. The molecule has 0 saturated carbocycles. The summed E-state index contributed by atoms with van der Waals surface area (Å²) in [5.41, 5.74) is 1.35. The SMILES string of the molecule is C#C[C@H]1ON=C(c2cccc([N+](=O)[O-])c2)[C@H]1C. The van der Waals surface area contributed by atoms with Gasteiger partial charge in [0.2, 0.25) is 0 Å². The summed E-state index contributed by atoms with van der Waals surface area (Å²) in [6, 6.07) is 6.28. The predicted molar refractivity (Wildman–Crippen MR) is 62.5 cm³/mol. The average Bonchev–Trinajstić information content (AvgIpc) is 2.70. The second-order valence-corrected chi connectivity index (χ2v) is 3.77. The minimum absolute atomic E-state index is 0.0292. The van der Waals surface area contributed by atoms with Crippen molar-refractivity contribution in [3.05, 3.63) is 39.9 Å². The van der Waals surface area contributed by atoms with Crippen molar-refractivity contribution in [3.63, 3.8) is 0 Å². The summed E-state index contributed by atoms with van der Waals surface area (Å²) < 4.78 is 0. The van der Waals surface area contributed by atoms with Crippen molar-refractivity contribution < 1.29 is 9.76 Å². The first-order valence-corrected chi connectivity index (χ1v) is 5.08. The van der Waals surface area contributed by atoms with Gasteiger partial charge in [-0.3, -0.25) is 10.1 Å². The summed E-state index contributed by atoms with van der Waals surface area (Å²) in [6.45, 7) is 1.88. The highest BCUT2D eigenvalue weighted by molar-refractivity contribution is 6.03. The van der Waals surface area contributed by atoms with Crippen molar-refractivity contribution >= 4 is 11.4 Å². The van der Waals surface area contributed by atoms with E-state index in [2.05, 4.69) is 11.1 Å². The van der Waals surface area contributed by atoms with Gasteiger partial charge >= 0.3 is 0 Å². The van der Waals surface area contributed by atoms with Crippen LogP contribution in [0.5, 0.6) is 0 Å². The molecule has 17 heavy (non-hydrogen) atoms. The molecule has 86 valence electrons. The molecule has 0 N–H and O–H groups in total. The van der Waals surface area contributed by atoms with E-state index in [9.17, 15) is 10.1 Å². The van der Waals surface area contributed by atoms with Crippen LogP contribution in [0.1, 0.15) is 12.5 Å². The highest BCUT2D eigenvalue weighted by Crippen LogP contribution is 2.24. The number of terminal acetylenes is 1. The smallest absolute Gasteiger partial charge is 0.270 e. The first-order valence-electron chi connectivity index (χ1n) is 5.08. The van der Waals surface area contributed by atoms with Gasteiger partial charge in [0.1, 0.15) is 0 Å². The fourth-order valence-electron chi connectivity index (χ4n) is 1.70. The molecule has 5 heteroatoms.